The molecule has 1 aromatic rings. The zero-order chi connectivity index (χ0) is 13.9. The number of fused-ring (bicyclic) bond motifs is 1. The maximum atomic E-state index is 12.7. The fourth-order valence-corrected chi connectivity index (χ4v) is 4.22. The van der Waals surface area contributed by atoms with Crippen LogP contribution in [0.2, 0.25) is 0 Å². The summed E-state index contributed by atoms with van der Waals surface area (Å²) in [6.45, 7) is 3.35. The van der Waals surface area contributed by atoms with Crippen molar-refractivity contribution in [1.82, 2.24) is 10.2 Å². The number of rotatable bonds is 3. The van der Waals surface area contributed by atoms with E-state index in [1.165, 1.54) is 16.9 Å². The molecule has 1 N–H and O–H groups in total. The molecule has 0 bridgehead atoms. The molecule has 3 heterocycles. The van der Waals surface area contributed by atoms with Crippen LogP contribution in [-0.2, 0) is 16.0 Å². The quantitative estimate of drug-likeness (QED) is 0.924. The molecule has 0 aromatic carbocycles. The maximum absolute atomic E-state index is 12.7. The lowest BCUT2D eigenvalue weighted by molar-refractivity contribution is -0.134. The number of carbonyl (C=O) groups is 1. The number of likely N-dealkylation sites (N-methyl/N-ethyl adjacent to an activating group) is 1. The van der Waals surface area contributed by atoms with Gasteiger partial charge in [0.2, 0.25) is 5.91 Å². The van der Waals surface area contributed by atoms with Crippen molar-refractivity contribution >= 4 is 17.2 Å². The number of thiophene rings is 1. The first-order valence-electron chi connectivity index (χ1n) is 7.39. The first-order valence-corrected chi connectivity index (χ1v) is 8.27. The first kappa shape index (κ1) is 14.0. The molecule has 2 unspecified atom stereocenters. The van der Waals surface area contributed by atoms with Crippen molar-refractivity contribution in [3.63, 3.8) is 0 Å². The lowest BCUT2D eigenvalue weighted by Crippen LogP contribution is -2.42. The normalized spacial score (nSPS) is 27.2. The second kappa shape index (κ2) is 6.24. The molecule has 0 radical (unpaired) electrons. The zero-order valence-electron chi connectivity index (χ0n) is 11.9. The number of carbonyl (C=O) groups excluding carboxylic acids is 1. The summed E-state index contributed by atoms with van der Waals surface area (Å²) in [7, 11) is 1.87. The van der Waals surface area contributed by atoms with Gasteiger partial charge in [-0.15, -0.1) is 11.3 Å². The Morgan fingerprint density at radius 2 is 2.45 bits per heavy atom. The molecule has 1 aromatic heterocycles. The van der Waals surface area contributed by atoms with E-state index in [0.29, 0.717) is 5.92 Å². The Bertz CT molecular complexity index is 468. The summed E-state index contributed by atoms with van der Waals surface area (Å²) in [6, 6.07) is 1.99. The smallest absolute Gasteiger partial charge is 0.245 e. The van der Waals surface area contributed by atoms with Gasteiger partial charge in [-0.1, -0.05) is 0 Å². The molecular formula is C15H22N2O2S. The Balaban J connectivity index is 1.73. The molecule has 0 saturated carbocycles. The van der Waals surface area contributed by atoms with Gasteiger partial charge >= 0.3 is 0 Å². The predicted molar refractivity (Wildman–Crippen MR) is 79.9 cm³/mol. The summed E-state index contributed by atoms with van der Waals surface area (Å²) in [5.74, 6) is 0.723. The molecule has 2 atom stereocenters. The van der Waals surface area contributed by atoms with Crippen LogP contribution in [0.3, 0.4) is 0 Å². The summed E-state index contributed by atoms with van der Waals surface area (Å²) in [6.07, 6.45) is 3.27. The van der Waals surface area contributed by atoms with Gasteiger partial charge < -0.3 is 15.0 Å². The summed E-state index contributed by atoms with van der Waals surface area (Å²) >= 11 is 1.69. The average molecular weight is 294 g/mol. The highest BCUT2D eigenvalue weighted by Gasteiger charge is 2.32. The lowest BCUT2D eigenvalue weighted by Gasteiger charge is -2.30. The van der Waals surface area contributed by atoms with Gasteiger partial charge in [0.25, 0.3) is 0 Å². The van der Waals surface area contributed by atoms with E-state index < -0.39 is 0 Å². The minimum atomic E-state index is -0.169. The topological polar surface area (TPSA) is 41.6 Å². The van der Waals surface area contributed by atoms with E-state index in [1.54, 1.807) is 11.3 Å². The summed E-state index contributed by atoms with van der Waals surface area (Å²) in [4.78, 5) is 16.0. The fourth-order valence-electron chi connectivity index (χ4n) is 3.17. The summed E-state index contributed by atoms with van der Waals surface area (Å²) < 4.78 is 5.54. The van der Waals surface area contributed by atoms with E-state index in [-0.39, 0.29) is 11.9 Å². The van der Waals surface area contributed by atoms with Crippen molar-refractivity contribution in [2.24, 2.45) is 5.92 Å². The molecule has 5 heteroatoms. The molecule has 20 heavy (non-hydrogen) atoms. The highest BCUT2D eigenvalue weighted by molar-refractivity contribution is 7.10. The van der Waals surface area contributed by atoms with Gasteiger partial charge in [-0.2, -0.15) is 0 Å². The third-order valence-corrected chi connectivity index (χ3v) is 5.30. The minimum absolute atomic E-state index is 0.169. The monoisotopic (exact) mass is 294 g/mol. The van der Waals surface area contributed by atoms with Gasteiger partial charge in [-0.3, -0.25) is 4.79 Å². The third-order valence-electron chi connectivity index (χ3n) is 4.27. The highest BCUT2D eigenvalue weighted by atomic mass is 32.1. The van der Waals surface area contributed by atoms with Crippen molar-refractivity contribution in [2.75, 3.05) is 33.4 Å². The summed E-state index contributed by atoms with van der Waals surface area (Å²) in [5, 5.41) is 5.28. The standard InChI is InChI=1S/C15H22N2O2S/c1-16-13-14-12(5-8-20-14)4-6-17(15(13)18)9-11-3-2-7-19-10-11/h5,8,11,13,16H,2-4,6-7,9-10H2,1H3. The molecule has 4 nitrogen and oxygen atoms in total. The van der Waals surface area contributed by atoms with Crippen LogP contribution in [0, 0.1) is 5.92 Å². The van der Waals surface area contributed by atoms with E-state index in [4.69, 9.17) is 4.74 Å². The first-order chi connectivity index (χ1) is 9.79. The molecule has 1 fully saturated rings. The maximum Gasteiger partial charge on any atom is 0.245 e. The fraction of sp³-hybridized carbons (Fsp3) is 0.667. The Hall–Kier alpha value is -0.910. The molecule has 1 saturated heterocycles. The van der Waals surface area contributed by atoms with Gasteiger partial charge in [-0.25, -0.2) is 0 Å². The number of ether oxygens (including phenoxy) is 1. The average Bonchev–Trinajstić information content (AvgIpc) is 2.89. The van der Waals surface area contributed by atoms with Crippen molar-refractivity contribution in [2.45, 2.75) is 25.3 Å². The highest BCUT2D eigenvalue weighted by Crippen LogP contribution is 2.30. The van der Waals surface area contributed by atoms with Crippen LogP contribution in [0.15, 0.2) is 11.4 Å². The van der Waals surface area contributed by atoms with Crippen LogP contribution in [0.5, 0.6) is 0 Å². The van der Waals surface area contributed by atoms with Gasteiger partial charge in [0.05, 0.1) is 6.61 Å². The van der Waals surface area contributed by atoms with Gasteiger partial charge in [0.1, 0.15) is 6.04 Å². The second-order valence-corrected chi connectivity index (χ2v) is 6.60. The predicted octanol–water partition coefficient (Wildman–Crippen LogP) is 1.82. The molecular weight excluding hydrogens is 272 g/mol. The lowest BCUT2D eigenvalue weighted by atomic mass is 10.0. The number of nitrogens with one attached hydrogen (secondary N) is 1. The Labute approximate surface area is 124 Å². The van der Waals surface area contributed by atoms with Crippen LogP contribution in [0.1, 0.15) is 29.3 Å². The molecule has 3 rings (SSSR count). The molecule has 110 valence electrons. The molecule has 1 amide bonds. The van der Waals surface area contributed by atoms with E-state index in [1.807, 2.05) is 11.9 Å². The second-order valence-electron chi connectivity index (χ2n) is 5.65. The van der Waals surface area contributed by atoms with Gasteiger partial charge in [0, 0.05) is 24.6 Å². The molecule has 0 aliphatic carbocycles. The largest absolute Gasteiger partial charge is 0.381 e. The van der Waals surface area contributed by atoms with Crippen LogP contribution in [0.4, 0.5) is 0 Å². The number of hydrogen-bond acceptors (Lipinski definition) is 4. The zero-order valence-corrected chi connectivity index (χ0v) is 12.7. The van der Waals surface area contributed by atoms with Crippen molar-refractivity contribution in [1.29, 1.82) is 0 Å². The van der Waals surface area contributed by atoms with Crippen molar-refractivity contribution < 1.29 is 9.53 Å². The van der Waals surface area contributed by atoms with Gasteiger partial charge in [-0.05, 0) is 49.2 Å². The van der Waals surface area contributed by atoms with Crippen LogP contribution in [-0.4, -0.2) is 44.2 Å². The third kappa shape index (κ3) is 2.75. The number of nitrogens with zero attached hydrogens (tertiary/aromatic N) is 1. The van der Waals surface area contributed by atoms with Gasteiger partial charge in [0.15, 0.2) is 0 Å². The number of amides is 1. The van der Waals surface area contributed by atoms with E-state index in [0.717, 1.165) is 39.1 Å². The Morgan fingerprint density at radius 1 is 1.55 bits per heavy atom. The van der Waals surface area contributed by atoms with Crippen LogP contribution < -0.4 is 5.32 Å². The SMILES string of the molecule is CNC1C(=O)N(CC2CCCOC2)CCc2ccsc21. The van der Waals surface area contributed by atoms with Crippen molar-refractivity contribution in [3.05, 3.63) is 21.9 Å². The Kier molecular flexibility index (Phi) is 4.38. The van der Waals surface area contributed by atoms with E-state index in [2.05, 4.69) is 16.8 Å². The van der Waals surface area contributed by atoms with Crippen LogP contribution in [0.25, 0.3) is 0 Å². The van der Waals surface area contributed by atoms with Crippen LogP contribution >= 0.6 is 11.3 Å². The number of hydrogen-bond donors (Lipinski definition) is 1. The molecule has 2 aliphatic rings. The van der Waals surface area contributed by atoms with Crippen molar-refractivity contribution in [3.8, 4) is 0 Å². The summed E-state index contributed by atoms with van der Waals surface area (Å²) in [5.41, 5.74) is 1.32. The Morgan fingerprint density at radius 3 is 3.20 bits per heavy atom. The molecule has 2 aliphatic heterocycles. The van der Waals surface area contributed by atoms with E-state index in [9.17, 15) is 4.79 Å². The minimum Gasteiger partial charge on any atom is -0.381 e. The van der Waals surface area contributed by atoms with E-state index >= 15 is 0 Å². The molecule has 0 spiro atoms.